The Hall–Kier alpha value is -1.86. The summed E-state index contributed by atoms with van der Waals surface area (Å²) in [6.45, 7) is 5.18. The summed E-state index contributed by atoms with van der Waals surface area (Å²) < 4.78 is 4.89. The van der Waals surface area contributed by atoms with E-state index in [2.05, 4.69) is 10.6 Å². The number of rotatable bonds is 7. The molecule has 1 aromatic carbocycles. The Labute approximate surface area is 129 Å². The summed E-state index contributed by atoms with van der Waals surface area (Å²) in [5.74, 6) is -0.215. The summed E-state index contributed by atoms with van der Waals surface area (Å²) >= 11 is 0. The largest absolute Gasteiger partial charge is 0.490 e. The standard InChI is InChI=1S/C13H19N3O4.ClH/c1-4-14-9(2)8-15-13(17)10-5-6-12(20-3)11(7-10)16(18)19;/h5-7,9,14H,4,8H2,1-3H3,(H,15,17);1H/t9-;/m1./s1. The molecular formula is C13H20ClN3O4. The molecule has 0 saturated heterocycles. The van der Waals surface area contributed by atoms with Crippen molar-refractivity contribution in [2.75, 3.05) is 20.2 Å². The number of nitrogens with zero attached hydrogens (tertiary/aromatic N) is 1. The summed E-state index contributed by atoms with van der Waals surface area (Å²) in [6.07, 6.45) is 0. The van der Waals surface area contributed by atoms with Gasteiger partial charge in [0.15, 0.2) is 5.75 Å². The minimum Gasteiger partial charge on any atom is -0.490 e. The van der Waals surface area contributed by atoms with Crippen LogP contribution in [0.3, 0.4) is 0 Å². The highest BCUT2D eigenvalue weighted by atomic mass is 35.5. The van der Waals surface area contributed by atoms with Crippen molar-refractivity contribution >= 4 is 24.0 Å². The van der Waals surface area contributed by atoms with Gasteiger partial charge in [-0.2, -0.15) is 0 Å². The van der Waals surface area contributed by atoms with Gasteiger partial charge in [0.2, 0.25) is 0 Å². The second-order valence-electron chi connectivity index (χ2n) is 4.31. The number of ether oxygens (including phenoxy) is 1. The van der Waals surface area contributed by atoms with Crippen LogP contribution in [0, 0.1) is 10.1 Å². The van der Waals surface area contributed by atoms with Crippen LogP contribution in [-0.2, 0) is 0 Å². The molecule has 2 N–H and O–H groups in total. The lowest BCUT2D eigenvalue weighted by molar-refractivity contribution is -0.385. The number of carbonyl (C=O) groups excluding carboxylic acids is 1. The number of benzene rings is 1. The zero-order valence-electron chi connectivity index (χ0n) is 12.2. The van der Waals surface area contributed by atoms with Crippen LogP contribution in [-0.4, -0.2) is 37.1 Å². The summed E-state index contributed by atoms with van der Waals surface area (Å²) in [4.78, 5) is 22.2. The highest BCUT2D eigenvalue weighted by molar-refractivity contribution is 5.95. The van der Waals surface area contributed by atoms with Crippen molar-refractivity contribution in [2.45, 2.75) is 19.9 Å². The van der Waals surface area contributed by atoms with Crippen molar-refractivity contribution in [1.82, 2.24) is 10.6 Å². The summed E-state index contributed by atoms with van der Waals surface area (Å²) in [6, 6.07) is 4.27. The van der Waals surface area contributed by atoms with Gasteiger partial charge in [0.1, 0.15) is 0 Å². The molecule has 7 nitrogen and oxygen atoms in total. The van der Waals surface area contributed by atoms with Crippen LogP contribution in [0.5, 0.6) is 5.75 Å². The van der Waals surface area contributed by atoms with Crippen LogP contribution in [0.15, 0.2) is 18.2 Å². The van der Waals surface area contributed by atoms with E-state index < -0.39 is 4.92 Å². The van der Waals surface area contributed by atoms with Gasteiger partial charge in [-0.25, -0.2) is 0 Å². The molecule has 0 aliphatic heterocycles. The third-order valence-corrected chi connectivity index (χ3v) is 2.76. The Balaban J connectivity index is 0.00000400. The zero-order chi connectivity index (χ0) is 15.1. The molecule has 1 rings (SSSR count). The number of halogens is 1. The maximum atomic E-state index is 11.9. The predicted octanol–water partition coefficient (Wildman–Crippen LogP) is 1.75. The number of hydrogen-bond acceptors (Lipinski definition) is 5. The lowest BCUT2D eigenvalue weighted by atomic mass is 10.1. The van der Waals surface area contributed by atoms with Gasteiger partial charge in [0.25, 0.3) is 5.91 Å². The first kappa shape index (κ1) is 19.1. The van der Waals surface area contributed by atoms with Crippen molar-refractivity contribution in [3.05, 3.63) is 33.9 Å². The maximum absolute atomic E-state index is 11.9. The number of nitro groups is 1. The van der Waals surface area contributed by atoms with Crippen LogP contribution in [0.4, 0.5) is 5.69 Å². The Morgan fingerprint density at radius 3 is 2.67 bits per heavy atom. The SMILES string of the molecule is CCN[C@H](C)CNC(=O)c1ccc(OC)c([N+](=O)[O-])c1.Cl. The van der Waals surface area contributed by atoms with Gasteiger partial charge in [-0.05, 0) is 25.6 Å². The molecule has 1 atom stereocenters. The lowest BCUT2D eigenvalue weighted by Crippen LogP contribution is -2.38. The van der Waals surface area contributed by atoms with E-state index in [4.69, 9.17) is 4.74 Å². The van der Waals surface area contributed by atoms with Gasteiger partial charge < -0.3 is 15.4 Å². The molecule has 1 aromatic rings. The van der Waals surface area contributed by atoms with Gasteiger partial charge in [0, 0.05) is 24.2 Å². The van der Waals surface area contributed by atoms with Crippen molar-refractivity contribution in [2.24, 2.45) is 0 Å². The van der Waals surface area contributed by atoms with Gasteiger partial charge >= 0.3 is 5.69 Å². The monoisotopic (exact) mass is 317 g/mol. The molecule has 0 heterocycles. The summed E-state index contributed by atoms with van der Waals surface area (Å²) in [5.41, 5.74) is 0.0149. The first-order chi connectivity index (χ1) is 9.49. The Bertz CT molecular complexity index is 496. The van der Waals surface area contributed by atoms with E-state index >= 15 is 0 Å². The summed E-state index contributed by atoms with van der Waals surface area (Å²) in [7, 11) is 1.35. The smallest absolute Gasteiger partial charge is 0.311 e. The van der Waals surface area contributed by atoms with E-state index in [1.807, 2.05) is 13.8 Å². The molecule has 0 saturated carbocycles. The van der Waals surface area contributed by atoms with Crippen molar-refractivity contribution in [3.8, 4) is 5.75 Å². The molecule has 0 bridgehead atoms. The first-order valence-corrected chi connectivity index (χ1v) is 6.33. The van der Waals surface area contributed by atoms with E-state index in [1.54, 1.807) is 0 Å². The molecule has 21 heavy (non-hydrogen) atoms. The number of hydrogen-bond donors (Lipinski definition) is 2. The topological polar surface area (TPSA) is 93.5 Å². The normalized spacial score (nSPS) is 11.2. The second kappa shape index (κ2) is 9.15. The molecule has 0 spiro atoms. The maximum Gasteiger partial charge on any atom is 0.311 e. The third kappa shape index (κ3) is 5.57. The highest BCUT2D eigenvalue weighted by Gasteiger charge is 2.18. The molecule has 0 aromatic heterocycles. The fourth-order valence-electron chi connectivity index (χ4n) is 1.74. The van der Waals surface area contributed by atoms with Crippen molar-refractivity contribution in [1.29, 1.82) is 0 Å². The van der Waals surface area contributed by atoms with E-state index in [1.165, 1.54) is 25.3 Å². The van der Waals surface area contributed by atoms with Gasteiger partial charge in [-0.15, -0.1) is 12.4 Å². The van der Waals surface area contributed by atoms with Crippen LogP contribution < -0.4 is 15.4 Å². The molecule has 0 fully saturated rings. The minimum atomic E-state index is -0.573. The number of carbonyl (C=O) groups is 1. The number of nitro benzene ring substituents is 1. The number of nitrogens with one attached hydrogen (secondary N) is 2. The van der Waals surface area contributed by atoms with Gasteiger partial charge in [-0.1, -0.05) is 6.92 Å². The number of methoxy groups -OCH3 is 1. The minimum absolute atomic E-state index is 0. The van der Waals surface area contributed by atoms with Crippen LogP contribution in [0.2, 0.25) is 0 Å². The Morgan fingerprint density at radius 1 is 1.48 bits per heavy atom. The molecule has 0 aliphatic rings. The van der Waals surface area contributed by atoms with Gasteiger partial charge in [-0.3, -0.25) is 14.9 Å². The molecule has 118 valence electrons. The van der Waals surface area contributed by atoms with E-state index in [0.717, 1.165) is 6.54 Å². The molecule has 0 radical (unpaired) electrons. The predicted molar refractivity (Wildman–Crippen MR) is 82.4 cm³/mol. The molecule has 0 unspecified atom stereocenters. The lowest BCUT2D eigenvalue weighted by Gasteiger charge is -2.13. The van der Waals surface area contributed by atoms with E-state index in [-0.39, 0.29) is 41.4 Å². The van der Waals surface area contributed by atoms with Crippen LogP contribution >= 0.6 is 12.4 Å². The van der Waals surface area contributed by atoms with Crippen molar-refractivity contribution in [3.63, 3.8) is 0 Å². The van der Waals surface area contributed by atoms with Crippen LogP contribution in [0.1, 0.15) is 24.2 Å². The molecular weight excluding hydrogens is 298 g/mol. The second-order valence-corrected chi connectivity index (χ2v) is 4.31. The van der Waals surface area contributed by atoms with E-state index in [9.17, 15) is 14.9 Å². The van der Waals surface area contributed by atoms with Gasteiger partial charge in [0.05, 0.1) is 12.0 Å². The third-order valence-electron chi connectivity index (χ3n) is 2.76. The molecule has 1 amide bonds. The number of amides is 1. The molecule has 0 aliphatic carbocycles. The van der Waals surface area contributed by atoms with E-state index in [0.29, 0.717) is 6.54 Å². The van der Waals surface area contributed by atoms with Crippen LogP contribution in [0.25, 0.3) is 0 Å². The molecule has 8 heteroatoms. The average molecular weight is 318 g/mol. The zero-order valence-corrected chi connectivity index (χ0v) is 13.0. The summed E-state index contributed by atoms with van der Waals surface area (Å²) in [5, 5.41) is 16.8. The average Bonchev–Trinajstić information content (AvgIpc) is 2.44. The highest BCUT2D eigenvalue weighted by Crippen LogP contribution is 2.27. The van der Waals surface area contributed by atoms with Crippen molar-refractivity contribution < 1.29 is 14.5 Å². The fraction of sp³-hybridized carbons (Fsp3) is 0.462. The first-order valence-electron chi connectivity index (χ1n) is 6.33. The quantitative estimate of drug-likeness (QED) is 0.590. The Morgan fingerprint density at radius 2 is 2.14 bits per heavy atom. The Kier molecular flexibility index (Phi) is 8.34. The number of likely N-dealkylation sites (N-methyl/N-ethyl adjacent to an activating group) is 1. The fourth-order valence-corrected chi connectivity index (χ4v) is 1.74.